The molecule has 2 aromatic rings. The Labute approximate surface area is 121 Å². The highest BCUT2D eigenvalue weighted by atomic mass is 79.9. The average Bonchev–Trinajstić information content (AvgIpc) is 2.39. The average molecular weight is 343 g/mol. The van der Waals surface area contributed by atoms with Gasteiger partial charge in [0.15, 0.2) is 0 Å². The predicted octanol–water partition coefficient (Wildman–Crippen LogP) is 4.25. The first-order valence-electron chi connectivity index (χ1n) is 5.59. The molecule has 0 bridgehead atoms. The number of hydrogen-bond donors (Lipinski definition) is 1. The number of nitrogens with zero attached hydrogens (tertiary/aromatic N) is 1. The molecule has 0 aliphatic rings. The minimum Gasteiger partial charge on any atom is -0.380 e. The molecule has 7 heteroatoms. The van der Waals surface area contributed by atoms with Crippen molar-refractivity contribution < 1.29 is 13.7 Å². The number of non-ortho nitro benzene ring substituents is 1. The molecule has 0 saturated carbocycles. The quantitative estimate of drug-likeness (QED) is 0.667. The third-order valence-corrected chi connectivity index (χ3v) is 3.34. The minimum atomic E-state index is -0.643. The molecule has 0 heterocycles. The molecule has 2 rings (SSSR count). The molecule has 0 aliphatic carbocycles. The summed E-state index contributed by atoms with van der Waals surface area (Å²) in [7, 11) is 0. The molecule has 0 fully saturated rings. The van der Waals surface area contributed by atoms with Crippen molar-refractivity contribution in [1.82, 2.24) is 0 Å². The van der Waals surface area contributed by atoms with E-state index in [9.17, 15) is 18.9 Å². The van der Waals surface area contributed by atoms with E-state index >= 15 is 0 Å². The van der Waals surface area contributed by atoms with Crippen LogP contribution >= 0.6 is 15.9 Å². The Bertz CT molecular complexity index is 645. The lowest BCUT2D eigenvalue weighted by Crippen LogP contribution is -2.05. The van der Waals surface area contributed by atoms with Gasteiger partial charge in [-0.25, -0.2) is 8.78 Å². The first kappa shape index (κ1) is 14.4. The SMILES string of the molecule is O=[N+]([O-])c1ccc(NCc2c(F)cccc2F)c(Br)c1. The van der Waals surface area contributed by atoms with Crippen LogP contribution in [0.1, 0.15) is 5.56 Å². The molecular formula is C13H9BrF2N2O2. The van der Waals surface area contributed by atoms with E-state index < -0.39 is 16.6 Å². The van der Waals surface area contributed by atoms with Gasteiger partial charge in [0.05, 0.1) is 4.92 Å². The van der Waals surface area contributed by atoms with Crippen LogP contribution in [0.4, 0.5) is 20.2 Å². The molecule has 0 aromatic heterocycles. The van der Waals surface area contributed by atoms with Crippen molar-refractivity contribution in [1.29, 1.82) is 0 Å². The fraction of sp³-hybridized carbons (Fsp3) is 0.0769. The van der Waals surface area contributed by atoms with E-state index in [1.54, 1.807) is 0 Å². The summed E-state index contributed by atoms with van der Waals surface area (Å²) in [5.41, 5.74) is 0.357. The lowest BCUT2D eigenvalue weighted by Gasteiger charge is -2.10. The Morgan fingerprint density at radius 2 is 1.85 bits per heavy atom. The largest absolute Gasteiger partial charge is 0.380 e. The van der Waals surface area contributed by atoms with Gasteiger partial charge in [0.2, 0.25) is 0 Å². The highest BCUT2D eigenvalue weighted by Gasteiger charge is 2.11. The molecule has 104 valence electrons. The summed E-state index contributed by atoms with van der Waals surface area (Å²) in [6.07, 6.45) is 0. The monoisotopic (exact) mass is 342 g/mol. The Morgan fingerprint density at radius 1 is 1.20 bits per heavy atom. The maximum absolute atomic E-state index is 13.4. The van der Waals surface area contributed by atoms with Gasteiger partial charge < -0.3 is 5.32 Å². The normalized spacial score (nSPS) is 10.3. The fourth-order valence-electron chi connectivity index (χ4n) is 1.65. The van der Waals surface area contributed by atoms with Crippen LogP contribution in [-0.4, -0.2) is 4.92 Å². The summed E-state index contributed by atoms with van der Waals surface area (Å²) < 4.78 is 27.3. The van der Waals surface area contributed by atoms with Gasteiger partial charge in [-0.05, 0) is 34.1 Å². The minimum absolute atomic E-state index is 0.0606. The Hall–Kier alpha value is -2.02. The second-order valence-corrected chi connectivity index (χ2v) is 4.83. The standard InChI is InChI=1S/C13H9BrF2N2O2/c14-10-6-8(18(19)20)4-5-13(10)17-7-9-11(15)2-1-3-12(9)16/h1-6,17H,7H2. The molecule has 0 radical (unpaired) electrons. The molecule has 0 aliphatic heterocycles. The van der Waals surface area contributed by atoms with Gasteiger partial charge in [-0.1, -0.05) is 6.07 Å². The van der Waals surface area contributed by atoms with Gasteiger partial charge in [-0.15, -0.1) is 0 Å². The molecule has 0 atom stereocenters. The van der Waals surface area contributed by atoms with Gasteiger partial charge in [-0.2, -0.15) is 0 Å². The van der Waals surface area contributed by atoms with Crippen LogP contribution in [-0.2, 0) is 6.54 Å². The third-order valence-electron chi connectivity index (χ3n) is 2.68. The molecule has 0 amide bonds. The summed E-state index contributed by atoms with van der Waals surface area (Å²) >= 11 is 3.17. The molecule has 0 saturated heterocycles. The maximum atomic E-state index is 13.4. The summed E-state index contributed by atoms with van der Waals surface area (Å²) in [6.45, 7) is -0.0606. The van der Waals surface area contributed by atoms with Crippen LogP contribution in [0.3, 0.4) is 0 Å². The molecule has 20 heavy (non-hydrogen) atoms. The van der Waals surface area contributed by atoms with E-state index in [0.29, 0.717) is 10.2 Å². The molecule has 0 unspecified atom stereocenters. The number of rotatable bonds is 4. The predicted molar refractivity (Wildman–Crippen MR) is 74.5 cm³/mol. The third kappa shape index (κ3) is 3.11. The van der Waals surface area contributed by atoms with E-state index in [4.69, 9.17) is 0 Å². The van der Waals surface area contributed by atoms with Crippen molar-refractivity contribution in [3.05, 3.63) is 68.2 Å². The number of nitro groups is 1. The zero-order chi connectivity index (χ0) is 14.7. The molecule has 4 nitrogen and oxygen atoms in total. The van der Waals surface area contributed by atoms with Gasteiger partial charge >= 0.3 is 0 Å². The van der Waals surface area contributed by atoms with Crippen LogP contribution in [0.5, 0.6) is 0 Å². The lowest BCUT2D eigenvalue weighted by molar-refractivity contribution is -0.384. The molecule has 2 aromatic carbocycles. The van der Waals surface area contributed by atoms with Crippen molar-refractivity contribution in [3.8, 4) is 0 Å². The smallest absolute Gasteiger partial charge is 0.270 e. The summed E-state index contributed by atoms with van der Waals surface area (Å²) in [6, 6.07) is 7.73. The van der Waals surface area contributed by atoms with Gasteiger partial charge in [0, 0.05) is 34.4 Å². The van der Waals surface area contributed by atoms with Crippen LogP contribution in [0.15, 0.2) is 40.9 Å². The van der Waals surface area contributed by atoms with E-state index in [1.807, 2.05) is 0 Å². The maximum Gasteiger partial charge on any atom is 0.270 e. The summed E-state index contributed by atoms with van der Waals surface area (Å²) in [5, 5.41) is 13.4. The Balaban J connectivity index is 2.17. The topological polar surface area (TPSA) is 55.2 Å². The van der Waals surface area contributed by atoms with Crippen LogP contribution in [0, 0.1) is 21.7 Å². The first-order valence-corrected chi connectivity index (χ1v) is 6.39. The summed E-state index contributed by atoms with van der Waals surface area (Å²) in [5.74, 6) is -1.29. The van der Waals surface area contributed by atoms with Crippen LogP contribution in [0.2, 0.25) is 0 Å². The number of hydrogen-bond acceptors (Lipinski definition) is 3. The van der Waals surface area contributed by atoms with E-state index in [-0.39, 0.29) is 17.8 Å². The van der Waals surface area contributed by atoms with Gasteiger partial charge in [-0.3, -0.25) is 10.1 Å². The number of nitrogens with one attached hydrogen (secondary N) is 1. The Kier molecular flexibility index (Phi) is 4.29. The molecule has 0 spiro atoms. The van der Waals surface area contributed by atoms with Crippen molar-refractivity contribution >= 4 is 27.3 Å². The zero-order valence-corrected chi connectivity index (χ0v) is 11.7. The highest BCUT2D eigenvalue weighted by molar-refractivity contribution is 9.10. The van der Waals surface area contributed by atoms with Crippen LogP contribution in [0.25, 0.3) is 0 Å². The first-order chi connectivity index (χ1) is 9.49. The van der Waals surface area contributed by atoms with Crippen molar-refractivity contribution in [2.24, 2.45) is 0 Å². The van der Waals surface area contributed by atoms with Crippen LogP contribution < -0.4 is 5.32 Å². The molecular weight excluding hydrogens is 334 g/mol. The number of anilines is 1. The van der Waals surface area contributed by atoms with E-state index in [0.717, 1.165) is 0 Å². The second kappa shape index (κ2) is 5.96. The number of halogens is 3. The van der Waals surface area contributed by atoms with Crippen molar-refractivity contribution in [3.63, 3.8) is 0 Å². The van der Waals surface area contributed by atoms with E-state index in [1.165, 1.54) is 36.4 Å². The zero-order valence-electron chi connectivity index (χ0n) is 10.1. The fourth-order valence-corrected chi connectivity index (χ4v) is 2.15. The lowest BCUT2D eigenvalue weighted by atomic mass is 10.2. The highest BCUT2D eigenvalue weighted by Crippen LogP contribution is 2.27. The second-order valence-electron chi connectivity index (χ2n) is 3.98. The Morgan fingerprint density at radius 3 is 2.40 bits per heavy atom. The van der Waals surface area contributed by atoms with Gasteiger partial charge in [0.1, 0.15) is 11.6 Å². The summed E-state index contributed by atoms with van der Waals surface area (Å²) in [4.78, 5) is 10.1. The van der Waals surface area contributed by atoms with Gasteiger partial charge in [0.25, 0.3) is 5.69 Å². The van der Waals surface area contributed by atoms with E-state index in [2.05, 4.69) is 21.2 Å². The number of nitro benzene ring substituents is 1. The molecule has 1 N–H and O–H groups in total. The number of benzene rings is 2. The van der Waals surface area contributed by atoms with Crippen molar-refractivity contribution in [2.75, 3.05) is 5.32 Å². The van der Waals surface area contributed by atoms with Crippen molar-refractivity contribution in [2.45, 2.75) is 6.54 Å².